The van der Waals surface area contributed by atoms with Gasteiger partial charge in [0.25, 0.3) is 11.6 Å². The van der Waals surface area contributed by atoms with E-state index in [0.717, 1.165) is 16.3 Å². The number of fused-ring (bicyclic) bond motifs is 1. The van der Waals surface area contributed by atoms with Gasteiger partial charge in [-0.2, -0.15) is 0 Å². The maximum atomic E-state index is 13.0. The van der Waals surface area contributed by atoms with Crippen LogP contribution in [0.2, 0.25) is 0 Å². The molecule has 1 aromatic heterocycles. The second kappa shape index (κ2) is 7.93. The maximum absolute atomic E-state index is 13.0. The number of rotatable bonds is 6. The number of benzene rings is 3. The molecule has 1 N–H and O–H groups in total. The van der Waals surface area contributed by atoms with Crippen LogP contribution in [0.4, 0.5) is 5.69 Å². The molecular weight excluding hydrogens is 370 g/mol. The van der Waals surface area contributed by atoms with Gasteiger partial charge in [-0.1, -0.05) is 48.5 Å². The summed E-state index contributed by atoms with van der Waals surface area (Å²) in [7, 11) is 0. The van der Waals surface area contributed by atoms with Crippen molar-refractivity contribution in [3.63, 3.8) is 0 Å². The Morgan fingerprint density at radius 1 is 1.07 bits per heavy atom. The number of non-ortho nitro benzene ring substituents is 1. The summed E-state index contributed by atoms with van der Waals surface area (Å²) >= 11 is 0. The summed E-state index contributed by atoms with van der Waals surface area (Å²) in [6.07, 6.45) is 3.27. The average molecular weight is 387 g/mol. The van der Waals surface area contributed by atoms with E-state index in [9.17, 15) is 14.9 Å². The molecule has 1 amide bonds. The van der Waals surface area contributed by atoms with Gasteiger partial charge in [0, 0.05) is 17.7 Å². The van der Waals surface area contributed by atoms with Crippen molar-refractivity contribution in [2.24, 2.45) is 0 Å². The van der Waals surface area contributed by atoms with E-state index in [0.29, 0.717) is 17.7 Å². The van der Waals surface area contributed by atoms with Crippen LogP contribution < -0.4 is 5.32 Å². The fraction of sp³-hybridized carbons (Fsp3) is 0.0909. The monoisotopic (exact) mass is 387 g/mol. The molecule has 0 aliphatic rings. The summed E-state index contributed by atoms with van der Waals surface area (Å²) < 4.78 is 5.42. The van der Waals surface area contributed by atoms with E-state index in [1.807, 2.05) is 36.4 Å². The van der Waals surface area contributed by atoms with Crippen molar-refractivity contribution < 1.29 is 14.1 Å². The fourth-order valence-electron chi connectivity index (χ4n) is 3.27. The SMILES string of the molecule is O=C(N[C@H](Cc1ccc([N+](=O)[O-])cc1)c1cnco1)c1cccc2ccccc12. The topological polar surface area (TPSA) is 98.3 Å². The van der Waals surface area contributed by atoms with Crippen LogP contribution in [-0.4, -0.2) is 15.8 Å². The smallest absolute Gasteiger partial charge is 0.269 e. The third-order valence-electron chi connectivity index (χ3n) is 4.72. The molecule has 0 fully saturated rings. The first-order valence-corrected chi connectivity index (χ1v) is 9.02. The molecule has 144 valence electrons. The predicted octanol–water partition coefficient (Wildman–Crippen LogP) is 4.45. The van der Waals surface area contributed by atoms with Gasteiger partial charge in [-0.15, -0.1) is 0 Å². The van der Waals surface area contributed by atoms with Crippen LogP contribution in [-0.2, 0) is 6.42 Å². The first-order valence-electron chi connectivity index (χ1n) is 9.02. The van der Waals surface area contributed by atoms with Crippen LogP contribution in [0.5, 0.6) is 0 Å². The number of amides is 1. The minimum atomic E-state index is -0.467. The number of oxazole rings is 1. The van der Waals surface area contributed by atoms with Crippen molar-refractivity contribution in [1.82, 2.24) is 10.3 Å². The van der Waals surface area contributed by atoms with Gasteiger partial charge in [0.05, 0.1) is 17.2 Å². The van der Waals surface area contributed by atoms with Crippen molar-refractivity contribution in [3.8, 4) is 0 Å². The summed E-state index contributed by atoms with van der Waals surface area (Å²) in [6, 6.07) is 19.0. The Labute approximate surface area is 166 Å². The Bertz CT molecular complexity index is 1150. The molecule has 0 aliphatic carbocycles. The molecular formula is C22H17N3O4. The highest BCUT2D eigenvalue weighted by molar-refractivity contribution is 6.07. The number of hydrogen-bond acceptors (Lipinski definition) is 5. The van der Waals surface area contributed by atoms with Gasteiger partial charge in [-0.3, -0.25) is 14.9 Å². The normalized spacial score (nSPS) is 11.9. The molecule has 0 aliphatic heterocycles. The lowest BCUT2D eigenvalue weighted by atomic mass is 10.0. The Morgan fingerprint density at radius 3 is 2.55 bits per heavy atom. The van der Waals surface area contributed by atoms with Crippen molar-refractivity contribution in [1.29, 1.82) is 0 Å². The molecule has 0 spiro atoms. The number of nitrogens with zero attached hydrogens (tertiary/aromatic N) is 2. The van der Waals surface area contributed by atoms with Crippen LogP contribution >= 0.6 is 0 Å². The van der Waals surface area contributed by atoms with E-state index in [-0.39, 0.29) is 11.6 Å². The van der Waals surface area contributed by atoms with Gasteiger partial charge in [0.2, 0.25) is 0 Å². The summed E-state index contributed by atoms with van der Waals surface area (Å²) in [6.45, 7) is 0. The predicted molar refractivity (Wildman–Crippen MR) is 107 cm³/mol. The number of aromatic nitrogens is 1. The first-order chi connectivity index (χ1) is 14.1. The van der Waals surface area contributed by atoms with E-state index in [4.69, 9.17) is 4.42 Å². The fourth-order valence-corrected chi connectivity index (χ4v) is 3.27. The van der Waals surface area contributed by atoms with Crippen LogP contribution in [0.25, 0.3) is 10.8 Å². The molecule has 0 saturated carbocycles. The largest absolute Gasteiger partial charge is 0.446 e. The van der Waals surface area contributed by atoms with E-state index in [1.54, 1.807) is 24.4 Å². The molecule has 29 heavy (non-hydrogen) atoms. The highest BCUT2D eigenvalue weighted by Crippen LogP contribution is 2.23. The van der Waals surface area contributed by atoms with Gasteiger partial charge >= 0.3 is 0 Å². The second-order valence-corrected chi connectivity index (χ2v) is 6.58. The zero-order valence-corrected chi connectivity index (χ0v) is 15.3. The van der Waals surface area contributed by atoms with Crippen molar-refractivity contribution in [3.05, 3.63) is 106 Å². The minimum absolute atomic E-state index is 0.0183. The molecule has 0 unspecified atom stereocenters. The van der Waals surface area contributed by atoms with Gasteiger partial charge in [-0.05, 0) is 28.8 Å². The Balaban J connectivity index is 1.61. The van der Waals surface area contributed by atoms with Crippen LogP contribution in [0.15, 0.2) is 83.7 Å². The molecule has 7 nitrogen and oxygen atoms in total. The van der Waals surface area contributed by atoms with Crippen molar-refractivity contribution in [2.75, 3.05) is 0 Å². The Morgan fingerprint density at radius 2 is 1.83 bits per heavy atom. The van der Waals surface area contributed by atoms with E-state index in [1.165, 1.54) is 18.5 Å². The van der Waals surface area contributed by atoms with Crippen LogP contribution in [0.1, 0.15) is 27.7 Å². The Kier molecular flexibility index (Phi) is 5.03. The zero-order valence-electron chi connectivity index (χ0n) is 15.3. The zero-order chi connectivity index (χ0) is 20.2. The number of nitro groups is 1. The third kappa shape index (κ3) is 3.98. The Hall–Kier alpha value is -4.00. The molecule has 4 rings (SSSR count). The number of hydrogen-bond donors (Lipinski definition) is 1. The quantitative estimate of drug-likeness (QED) is 0.389. The van der Waals surface area contributed by atoms with Crippen LogP contribution in [0.3, 0.4) is 0 Å². The molecule has 0 saturated heterocycles. The molecule has 3 aromatic carbocycles. The number of nitro benzene ring substituents is 1. The molecule has 1 atom stereocenters. The van der Waals surface area contributed by atoms with E-state index < -0.39 is 11.0 Å². The van der Waals surface area contributed by atoms with Crippen molar-refractivity contribution in [2.45, 2.75) is 12.5 Å². The first kappa shape index (κ1) is 18.4. The average Bonchev–Trinajstić information content (AvgIpc) is 3.28. The van der Waals surface area contributed by atoms with Crippen molar-refractivity contribution >= 4 is 22.4 Å². The summed E-state index contributed by atoms with van der Waals surface area (Å²) in [5.74, 6) is 0.280. The standard InChI is InChI=1S/C22H17N3O4/c26-22(19-7-3-5-16-4-1-2-6-18(16)19)24-20(21-13-23-14-29-21)12-15-8-10-17(11-9-15)25(27)28/h1-11,13-14,20H,12H2,(H,24,26)/t20-/m1/s1. The van der Waals surface area contributed by atoms with Gasteiger partial charge in [-0.25, -0.2) is 4.98 Å². The lowest BCUT2D eigenvalue weighted by Crippen LogP contribution is -2.30. The minimum Gasteiger partial charge on any atom is -0.446 e. The molecule has 0 bridgehead atoms. The highest BCUT2D eigenvalue weighted by Gasteiger charge is 2.21. The summed E-state index contributed by atoms with van der Waals surface area (Å²) in [5, 5.41) is 15.7. The lowest BCUT2D eigenvalue weighted by Gasteiger charge is -2.17. The number of nitrogens with one attached hydrogen (secondary N) is 1. The number of carbonyl (C=O) groups is 1. The highest BCUT2D eigenvalue weighted by atomic mass is 16.6. The molecule has 0 radical (unpaired) electrons. The summed E-state index contributed by atoms with van der Waals surface area (Å²) in [4.78, 5) is 27.4. The molecule has 1 heterocycles. The molecule has 7 heteroatoms. The maximum Gasteiger partial charge on any atom is 0.269 e. The second-order valence-electron chi connectivity index (χ2n) is 6.58. The third-order valence-corrected chi connectivity index (χ3v) is 4.72. The lowest BCUT2D eigenvalue weighted by molar-refractivity contribution is -0.384. The van der Waals surface area contributed by atoms with Gasteiger partial charge < -0.3 is 9.73 Å². The van der Waals surface area contributed by atoms with E-state index in [2.05, 4.69) is 10.3 Å². The van der Waals surface area contributed by atoms with Gasteiger partial charge in [0.15, 0.2) is 6.39 Å². The van der Waals surface area contributed by atoms with Gasteiger partial charge in [0.1, 0.15) is 5.76 Å². The van der Waals surface area contributed by atoms with Crippen LogP contribution in [0, 0.1) is 10.1 Å². The van der Waals surface area contributed by atoms with E-state index >= 15 is 0 Å². The molecule has 4 aromatic rings. The summed E-state index contributed by atoms with van der Waals surface area (Å²) in [5.41, 5.74) is 1.41. The number of carbonyl (C=O) groups excluding carboxylic acids is 1.